The average Bonchev–Trinajstić information content (AvgIpc) is 2.69. The molecule has 6 heteroatoms. The van der Waals surface area contributed by atoms with Crippen molar-refractivity contribution >= 4 is 28.9 Å². The number of benzene rings is 2. The molecule has 1 heterocycles. The second-order valence-corrected chi connectivity index (χ2v) is 7.76. The lowest BCUT2D eigenvalue weighted by Crippen LogP contribution is -2.44. The van der Waals surface area contributed by atoms with Crippen LogP contribution in [-0.4, -0.2) is 56.5 Å². The van der Waals surface area contributed by atoms with Gasteiger partial charge in [-0.05, 0) is 68.4 Å². The Kier molecular flexibility index (Phi) is 6.54. The van der Waals surface area contributed by atoms with E-state index in [0.717, 1.165) is 54.4 Å². The van der Waals surface area contributed by atoms with E-state index in [9.17, 15) is 9.59 Å². The monoisotopic (exact) mass is 394 g/mol. The van der Waals surface area contributed by atoms with Crippen LogP contribution in [0.1, 0.15) is 18.1 Å². The van der Waals surface area contributed by atoms with Crippen molar-refractivity contribution < 1.29 is 9.59 Å². The second kappa shape index (κ2) is 9.09. The summed E-state index contributed by atoms with van der Waals surface area (Å²) in [4.78, 5) is 30.8. The van der Waals surface area contributed by atoms with E-state index in [1.54, 1.807) is 0 Å². The maximum atomic E-state index is 12.6. The van der Waals surface area contributed by atoms with Gasteiger partial charge in [0.2, 0.25) is 11.8 Å². The molecule has 0 radical (unpaired) electrons. The van der Waals surface area contributed by atoms with Crippen molar-refractivity contribution in [3.63, 3.8) is 0 Å². The van der Waals surface area contributed by atoms with Gasteiger partial charge in [0.05, 0.1) is 0 Å². The fourth-order valence-corrected chi connectivity index (χ4v) is 3.44. The van der Waals surface area contributed by atoms with Crippen LogP contribution in [0.5, 0.6) is 0 Å². The first kappa shape index (κ1) is 20.9. The van der Waals surface area contributed by atoms with Gasteiger partial charge < -0.3 is 20.0 Å². The molecular formula is C23H30N4O2. The molecule has 2 aromatic rings. The van der Waals surface area contributed by atoms with Crippen LogP contribution in [-0.2, 0) is 9.59 Å². The van der Waals surface area contributed by atoms with Gasteiger partial charge in [-0.25, -0.2) is 0 Å². The molecule has 0 bridgehead atoms. The van der Waals surface area contributed by atoms with Crippen LogP contribution in [0.3, 0.4) is 0 Å². The van der Waals surface area contributed by atoms with E-state index in [1.807, 2.05) is 56.3 Å². The first-order valence-electron chi connectivity index (χ1n) is 10.0. The molecule has 1 saturated heterocycles. The number of aryl methyl sites for hydroxylation is 2. The summed E-state index contributed by atoms with van der Waals surface area (Å²) in [6, 6.07) is 13.7. The number of piperazine rings is 1. The van der Waals surface area contributed by atoms with Crippen LogP contribution >= 0.6 is 0 Å². The third-order valence-electron chi connectivity index (χ3n) is 5.50. The van der Waals surface area contributed by atoms with Gasteiger partial charge in [0.25, 0.3) is 0 Å². The third-order valence-corrected chi connectivity index (χ3v) is 5.50. The fourth-order valence-electron chi connectivity index (χ4n) is 3.44. The number of carbonyl (C=O) groups excluding carboxylic acids is 2. The molecule has 0 aliphatic carbocycles. The van der Waals surface area contributed by atoms with Crippen LogP contribution in [0.2, 0.25) is 0 Å². The smallest absolute Gasteiger partial charge is 0.244 e. The number of rotatable bonds is 5. The standard InChI is InChI=1S/C23H30N4O2/c1-17-5-8-22(15-18(17)2)27(19(3)28)16-23(29)24-20-6-9-21(10-7-20)26-13-11-25(4)12-14-26/h5-10,15H,11-14,16H2,1-4H3,(H,24,29). The largest absolute Gasteiger partial charge is 0.369 e. The molecule has 3 rings (SSSR count). The lowest BCUT2D eigenvalue weighted by molar-refractivity contribution is -0.120. The van der Waals surface area contributed by atoms with Gasteiger partial charge in [-0.2, -0.15) is 0 Å². The minimum atomic E-state index is -0.217. The zero-order valence-electron chi connectivity index (χ0n) is 17.7. The number of hydrogen-bond donors (Lipinski definition) is 1. The molecule has 0 aromatic heterocycles. The summed E-state index contributed by atoms with van der Waals surface area (Å²) in [6.07, 6.45) is 0. The number of nitrogens with zero attached hydrogens (tertiary/aromatic N) is 3. The molecule has 0 atom stereocenters. The van der Waals surface area contributed by atoms with Gasteiger partial charge in [-0.1, -0.05) is 6.07 Å². The summed E-state index contributed by atoms with van der Waals surface area (Å²) in [5.74, 6) is -0.375. The van der Waals surface area contributed by atoms with E-state index >= 15 is 0 Å². The van der Waals surface area contributed by atoms with E-state index < -0.39 is 0 Å². The SMILES string of the molecule is CC(=O)N(CC(=O)Nc1ccc(N2CCN(C)CC2)cc1)c1ccc(C)c(C)c1. The number of hydrogen-bond acceptors (Lipinski definition) is 4. The summed E-state index contributed by atoms with van der Waals surface area (Å²) in [7, 11) is 2.14. The topological polar surface area (TPSA) is 55.9 Å². The Bertz CT molecular complexity index is 871. The molecule has 0 spiro atoms. The van der Waals surface area contributed by atoms with Crippen LogP contribution in [0.25, 0.3) is 0 Å². The maximum absolute atomic E-state index is 12.6. The Morgan fingerprint density at radius 1 is 0.966 bits per heavy atom. The zero-order valence-corrected chi connectivity index (χ0v) is 17.7. The lowest BCUT2D eigenvalue weighted by atomic mass is 10.1. The predicted molar refractivity (Wildman–Crippen MR) is 119 cm³/mol. The van der Waals surface area contributed by atoms with E-state index in [1.165, 1.54) is 11.8 Å². The van der Waals surface area contributed by atoms with Gasteiger partial charge in [-0.15, -0.1) is 0 Å². The quantitative estimate of drug-likeness (QED) is 0.847. The predicted octanol–water partition coefficient (Wildman–Crippen LogP) is 3.05. The molecule has 1 aliphatic heterocycles. The Balaban J connectivity index is 1.62. The van der Waals surface area contributed by atoms with E-state index in [0.29, 0.717) is 0 Å². The molecule has 154 valence electrons. The molecule has 2 aromatic carbocycles. The highest BCUT2D eigenvalue weighted by Gasteiger charge is 2.17. The number of amides is 2. The Morgan fingerprint density at radius 2 is 1.62 bits per heavy atom. The normalized spacial score (nSPS) is 14.6. The molecule has 0 unspecified atom stereocenters. The molecule has 1 aliphatic rings. The van der Waals surface area contributed by atoms with Crippen molar-refractivity contribution in [1.82, 2.24) is 4.90 Å². The van der Waals surface area contributed by atoms with Gasteiger partial charge in [0.1, 0.15) is 6.54 Å². The van der Waals surface area contributed by atoms with Crippen LogP contribution in [0.15, 0.2) is 42.5 Å². The first-order valence-corrected chi connectivity index (χ1v) is 10.0. The molecule has 0 saturated carbocycles. The maximum Gasteiger partial charge on any atom is 0.244 e. The Hall–Kier alpha value is -2.86. The highest BCUT2D eigenvalue weighted by Crippen LogP contribution is 2.21. The van der Waals surface area contributed by atoms with Crippen molar-refractivity contribution in [1.29, 1.82) is 0 Å². The number of anilines is 3. The molecule has 6 nitrogen and oxygen atoms in total. The van der Waals surface area contributed by atoms with Crippen LogP contribution < -0.4 is 15.1 Å². The van der Waals surface area contributed by atoms with Gasteiger partial charge >= 0.3 is 0 Å². The van der Waals surface area contributed by atoms with Gasteiger partial charge in [0, 0.05) is 50.2 Å². The van der Waals surface area contributed by atoms with Crippen molar-refractivity contribution in [3.05, 3.63) is 53.6 Å². The molecule has 1 fully saturated rings. The second-order valence-electron chi connectivity index (χ2n) is 7.76. The van der Waals surface area contributed by atoms with Crippen LogP contribution in [0.4, 0.5) is 17.1 Å². The van der Waals surface area contributed by atoms with E-state index in [2.05, 4.69) is 22.2 Å². The summed E-state index contributed by atoms with van der Waals surface area (Å²) in [5, 5.41) is 2.90. The average molecular weight is 395 g/mol. The minimum Gasteiger partial charge on any atom is -0.369 e. The highest BCUT2D eigenvalue weighted by atomic mass is 16.2. The minimum absolute atomic E-state index is 0.0158. The van der Waals surface area contributed by atoms with Crippen molar-refractivity contribution in [2.24, 2.45) is 0 Å². The van der Waals surface area contributed by atoms with E-state index in [4.69, 9.17) is 0 Å². The van der Waals surface area contributed by atoms with Crippen molar-refractivity contribution in [2.45, 2.75) is 20.8 Å². The van der Waals surface area contributed by atoms with Crippen molar-refractivity contribution in [2.75, 3.05) is 54.9 Å². The lowest BCUT2D eigenvalue weighted by Gasteiger charge is -2.34. The number of nitrogens with one attached hydrogen (secondary N) is 1. The first-order chi connectivity index (χ1) is 13.8. The fraction of sp³-hybridized carbons (Fsp3) is 0.391. The van der Waals surface area contributed by atoms with Gasteiger partial charge in [0.15, 0.2) is 0 Å². The van der Waals surface area contributed by atoms with Gasteiger partial charge in [-0.3, -0.25) is 9.59 Å². The summed E-state index contributed by atoms with van der Waals surface area (Å²) < 4.78 is 0. The zero-order chi connectivity index (χ0) is 21.0. The molecule has 29 heavy (non-hydrogen) atoms. The summed E-state index contributed by atoms with van der Waals surface area (Å²) >= 11 is 0. The van der Waals surface area contributed by atoms with Crippen LogP contribution in [0, 0.1) is 13.8 Å². The van der Waals surface area contributed by atoms with Crippen molar-refractivity contribution in [3.8, 4) is 0 Å². The molecule has 2 amide bonds. The number of likely N-dealkylation sites (N-methyl/N-ethyl adjacent to an activating group) is 1. The highest BCUT2D eigenvalue weighted by molar-refractivity contribution is 6.01. The summed E-state index contributed by atoms with van der Waals surface area (Å²) in [6.45, 7) is 9.60. The molecular weight excluding hydrogens is 364 g/mol. The third kappa shape index (κ3) is 5.35. The van der Waals surface area contributed by atoms with E-state index in [-0.39, 0.29) is 18.4 Å². The number of carbonyl (C=O) groups is 2. The summed E-state index contributed by atoms with van der Waals surface area (Å²) in [5.41, 5.74) is 4.88. The Labute approximate surface area is 173 Å². The Morgan fingerprint density at radius 3 is 2.21 bits per heavy atom. The molecule has 1 N–H and O–H groups in total.